The van der Waals surface area contributed by atoms with E-state index in [9.17, 15) is 4.39 Å². The molecule has 1 heterocycles. The number of aromatic nitrogens is 2. The van der Waals surface area contributed by atoms with E-state index >= 15 is 0 Å². The second-order valence-corrected chi connectivity index (χ2v) is 4.94. The van der Waals surface area contributed by atoms with Gasteiger partial charge < -0.3 is 14.6 Å². The molecule has 0 aliphatic heterocycles. The first kappa shape index (κ1) is 13.1. The molecule has 1 aromatic heterocycles. The molecule has 20 heavy (non-hydrogen) atoms. The number of rotatable bonds is 6. The summed E-state index contributed by atoms with van der Waals surface area (Å²) in [6.07, 6.45) is 2.22. The van der Waals surface area contributed by atoms with Gasteiger partial charge in [-0.25, -0.2) is 4.39 Å². The monoisotopic (exact) mass is 277 g/mol. The zero-order valence-corrected chi connectivity index (χ0v) is 11.2. The Labute approximate surface area is 116 Å². The maximum atomic E-state index is 13.4. The van der Waals surface area contributed by atoms with E-state index in [2.05, 4.69) is 15.5 Å². The minimum atomic E-state index is -0.320. The second kappa shape index (κ2) is 5.58. The van der Waals surface area contributed by atoms with Crippen LogP contribution >= 0.6 is 0 Å². The van der Waals surface area contributed by atoms with Crippen molar-refractivity contribution in [1.82, 2.24) is 15.5 Å². The van der Waals surface area contributed by atoms with Crippen LogP contribution in [0, 0.1) is 5.82 Å². The van der Waals surface area contributed by atoms with Crippen LogP contribution in [0.1, 0.15) is 36.0 Å². The molecule has 1 aliphatic rings. The molecule has 1 fully saturated rings. The summed E-state index contributed by atoms with van der Waals surface area (Å²) in [5, 5.41) is 6.83. The van der Waals surface area contributed by atoms with Crippen molar-refractivity contribution in [1.29, 1.82) is 0 Å². The summed E-state index contributed by atoms with van der Waals surface area (Å²) in [7, 11) is 1.81. The smallest absolute Gasteiger partial charge is 0.229 e. The van der Waals surface area contributed by atoms with Gasteiger partial charge in [-0.15, -0.1) is 0 Å². The van der Waals surface area contributed by atoms with E-state index in [1.807, 2.05) is 7.05 Å². The van der Waals surface area contributed by atoms with Gasteiger partial charge in [0, 0.05) is 18.5 Å². The quantitative estimate of drug-likeness (QED) is 0.878. The number of nitrogens with zero attached hydrogens (tertiary/aromatic N) is 2. The molecule has 0 spiro atoms. The summed E-state index contributed by atoms with van der Waals surface area (Å²) >= 11 is 0. The number of hydrogen-bond acceptors (Lipinski definition) is 5. The molecule has 1 aromatic carbocycles. The van der Waals surface area contributed by atoms with E-state index < -0.39 is 0 Å². The molecule has 1 N–H and O–H groups in total. The van der Waals surface area contributed by atoms with Gasteiger partial charge in [0.05, 0.1) is 0 Å². The standard InChI is InChI=1S/C14H16FN3O2/c1-16-7-9-4-11(15)6-12(5-9)19-8-13-17-14(20-18-13)10-2-3-10/h4-6,10,16H,2-3,7-8H2,1H3. The lowest BCUT2D eigenvalue weighted by Gasteiger charge is -2.06. The van der Waals surface area contributed by atoms with Crippen LogP contribution in [0.2, 0.25) is 0 Å². The number of halogens is 1. The predicted molar refractivity (Wildman–Crippen MR) is 69.8 cm³/mol. The summed E-state index contributed by atoms with van der Waals surface area (Å²) < 4.78 is 24.1. The normalized spacial score (nSPS) is 14.5. The summed E-state index contributed by atoms with van der Waals surface area (Å²) in [4.78, 5) is 4.26. The highest BCUT2D eigenvalue weighted by atomic mass is 19.1. The van der Waals surface area contributed by atoms with Crippen LogP contribution < -0.4 is 10.1 Å². The van der Waals surface area contributed by atoms with Gasteiger partial charge in [-0.1, -0.05) is 5.16 Å². The number of benzene rings is 1. The van der Waals surface area contributed by atoms with Gasteiger partial charge in [-0.2, -0.15) is 4.98 Å². The molecule has 0 radical (unpaired) electrons. The molecule has 0 amide bonds. The summed E-state index contributed by atoms with van der Waals surface area (Å²) in [6, 6.07) is 4.62. The topological polar surface area (TPSA) is 60.2 Å². The number of hydrogen-bond donors (Lipinski definition) is 1. The third-order valence-electron chi connectivity index (χ3n) is 3.09. The van der Waals surface area contributed by atoms with E-state index in [0.717, 1.165) is 18.4 Å². The van der Waals surface area contributed by atoms with Crippen LogP contribution in [-0.4, -0.2) is 17.2 Å². The fraction of sp³-hybridized carbons (Fsp3) is 0.429. The van der Waals surface area contributed by atoms with Crippen molar-refractivity contribution in [3.05, 3.63) is 41.3 Å². The highest BCUT2D eigenvalue weighted by Gasteiger charge is 2.29. The van der Waals surface area contributed by atoms with Crippen LogP contribution in [0.3, 0.4) is 0 Å². The van der Waals surface area contributed by atoms with Gasteiger partial charge >= 0.3 is 0 Å². The minimum Gasteiger partial charge on any atom is -0.485 e. The van der Waals surface area contributed by atoms with Crippen LogP contribution in [0.15, 0.2) is 22.7 Å². The fourth-order valence-corrected chi connectivity index (χ4v) is 1.98. The van der Waals surface area contributed by atoms with Crippen LogP contribution in [-0.2, 0) is 13.2 Å². The molecule has 6 heteroatoms. The van der Waals surface area contributed by atoms with E-state index in [1.54, 1.807) is 6.07 Å². The molecule has 1 saturated carbocycles. The summed E-state index contributed by atoms with van der Waals surface area (Å²) in [5.74, 6) is 1.74. The molecule has 0 unspecified atom stereocenters. The number of nitrogens with one attached hydrogen (secondary N) is 1. The lowest BCUT2D eigenvalue weighted by Crippen LogP contribution is -2.06. The average molecular weight is 277 g/mol. The van der Waals surface area contributed by atoms with E-state index in [0.29, 0.717) is 29.9 Å². The summed E-state index contributed by atoms with van der Waals surface area (Å²) in [5.41, 5.74) is 0.828. The first-order valence-corrected chi connectivity index (χ1v) is 6.64. The zero-order valence-electron chi connectivity index (χ0n) is 11.2. The Morgan fingerprint density at radius 3 is 3.00 bits per heavy atom. The second-order valence-electron chi connectivity index (χ2n) is 4.94. The molecular formula is C14H16FN3O2. The van der Waals surface area contributed by atoms with Gasteiger partial charge in [-0.05, 0) is 37.6 Å². The van der Waals surface area contributed by atoms with Crippen molar-refractivity contribution in [3.63, 3.8) is 0 Å². The van der Waals surface area contributed by atoms with Crippen molar-refractivity contribution >= 4 is 0 Å². The van der Waals surface area contributed by atoms with Gasteiger partial charge in [0.2, 0.25) is 11.7 Å². The Balaban J connectivity index is 1.64. The molecule has 106 valence electrons. The number of ether oxygens (including phenoxy) is 1. The van der Waals surface area contributed by atoms with Gasteiger partial charge in [-0.3, -0.25) is 0 Å². The highest BCUT2D eigenvalue weighted by Crippen LogP contribution is 2.38. The minimum absolute atomic E-state index is 0.179. The molecule has 0 bridgehead atoms. The van der Waals surface area contributed by atoms with Crippen LogP contribution in [0.25, 0.3) is 0 Å². The fourth-order valence-electron chi connectivity index (χ4n) is 1.98. The zero-order chi connectivity index (χ0) is 13.9. The Kier molecular flexibility index (Phi) is 3.64. The largest absolute Gasteiger partial charge is 0.485 e. The lowest BCUT2D eigenvalue weighted by molar-refractivity contribution is 0.283. The third kappa shape index (κ3) is 3.14. The maximum Gasteiger partial charge on any atom is 0.229 e. The molecule has 0 atom stereocenters. The van der Waals surface area contributed by atoms with Gasteiger partial charge in [0.15, 0.2) is 6.61 Å². The molecule has 1 aliphatic carbocycles. The van der Waals surface area contributed by atoms with Crippen molar-refractivity contribution < 1.29 is 13.7 Å². The highest BCUT2D eigenvalue weighted by molar-refractivity contribution is 5.29. The molecule has 3 rings (SSSR count). The van der Waals surface area contributed by atoms with Crippen molar-refractivity contribution in [2.75, 3.05) is 7.05 Å². The first-order valence-electron chi connectivity index (χ1n) is 6.64. The van der Waals surface area contributed by atoms with Crippen molar-refractivity contribution in [2.45, 2.75) is 31.9 Å². The van der Waals surface area contributed by atoms with Gasteiger partial charge in [0.1, 0.15) is 11.6 Å². The lowest BCUT2D eigenvalue weighted by atomic mass is 10.2. The van der Waals surface area contributed by atoms with E-state index in [4.69, 9.17) is 9.26 Å². The SMILES string of the molecule is CNCc1cc(F)cc(OCc2noc(C3CC3)n2)c1. The Morgan fingerprint density at radius 1 is 1.40 bits per heavy atom. The Bertz CT molecular complexity index is 596. The average Bonchev–Trinajstić information content (AvgIpc) is 3.16. The molecule has 5 nitrogen and oxygen atoms in total. The predicted octanol–water partition coefficient (Wildman–Crippen LogP) is 2.38. The molecular weight excluding hydrogens is 261 g/mol. The maximum absolute atomic E-state index is 13.4. The van der Waals surface area contributed by atoms with Crippen LogP contribution in [0.5, 0.6) is 5.75 Å². The van der Waals surface area contributed by atoms with Crippen molar-refractivity contribution in [2.24, 2.45) is 0 Å². The molecule has 2 aromatic rings. The summed E-state index contributed by atoms with van der Waals surface area (Å²) in [6.45, 7) is 0.765. The van der Waals surface area contributed by atoms with Crippen molar-refractivity contribution in [3.8, 4) is 5.75 Å². The first-order chi connectivity index (χ1) is 9.74. The van der Waals surface area contributed by atoms with Gasteiger partial charge in [0.25, 0.3) is 0 Å². The Morgan fingerprint density at radius 2 is 2.25 bits per heavy atom. The van der Waals surface area contributed by atoms with E-state index in [1.165, 1.54) is 12.1 Å². The van der Waals surface area contributed by atoms with E-state index in [-0.39, 0.29) is 12.4 Å². The van der Waals surface area contributed by atoms with Crippen LogP contribution in [0.4, 0.5) is 4.39 Å². The Hall–Kier alpha value is -1.95. The third-order valence-corrected chi connectivity index (χ3v) is 3.09. The molecule has 0 saturated heterocycles.